The average Bonchev–Trinajstić information content (AvgIpc) is 2.29. The Kier molecular flexibility index (Phi) is 2.83. The van der Waals surface area contributed by atoms with Crippen molar-refractivity contribution in [1.82, 2.24) is 0 Å². The largest absolute Gasteiger partial charge is 0.496 e. The fourth-order valence-electron chi connectivity index (χ4n) is 1.56. The maximum atomic E-state index is 10.8. The van der Waals surface area contributed by atoms with Crippen molar-refractivity contribution in [1.29, 1.82) is 0 Å². The molecular formula is C12H9BrO3. The number of fused-ring (bicyclic) bond motifs is 1. The van der Waals surface area contributed by atoms with Crippen molar-refractivity contribution >= 4 is 32.7 Å². The summed E-state index contributed by atoms with van der Waals surface area (Å²) in [5.41, 5.74) is 0.282. The van der Waals surface area contributed by atoms with E-state index in [0.717, 1.165) is 21.0 Å². The standard InChI is InChI=1S/C12H9BrO3/c1-16-10-5-3-7-6-8(12(14)15)2-4-9(7)11(10)13/h2-6H,1H3,(H,14,15). The molecule has 0 radical (unpaired) electrons. The molecule has 0 aromatic heterocycles. The van der Waals surface area contributed by atoms with Gasteiger partial charge in [-0.3, -0.25) is 0 Å². The van der Waals surface area contributed by atoms with Gasteiger partial charge in [-0.05, 0) is 44.9 Å². The van der Waals surface area contributed by atoms with E-state index in [-0.39, 0.29) is 5.56 Å². The Labute approximate surface area is 101 Å². The molecule has 2 rings (SSSR count). The molecule has 3 nitrogen and oxygen atoms in total. The number of ether oxygens (including phenoxy) is 1. The predicted molar refractivity (Wildman–Crippen MR) is 65.2 cm³/mol. The zero-order valence-corrected chi connectivity index (χ0v) is 10.1. The molecule has 2 aromatic rings. The van der Waals surface area contributed by atoms with Gasteiger partial charge in [0.15, 0.2) is 0 Å². The van der Waals surface area contributed by atoms with E-state index in [1.165, 1.54) is 0 Å². The average molecular weight is 281 g/mol. The minimum atomic E-state index is -0.922. The molecule has 0 unspecified atom stereocenters. The number of hydrogen-bond acceptors (Lipinski definition) is 2. The lowest BCUT2D eigenvalue weighted by molar-refractivity contribution is 0.0697. The number of hydrogen-bond donors (Lipinski definition) is 1. The molecule has 16 heavy (non-hydrogen) atoms. The molecule has 0 bridgehead atoms. The number of aromatic carboxylic acids is 1. The monoisotopic (exact) mass is 280 g/mol. The van der Waals surface area contributed by atoms with Crippen molar-refractivity contribution < 1.29 is 14.6 Å². The van der Waals surface area contributed by atoms with Crippen LogP contribution in [0.1, 0.15) is 10.4 Å². The summed E-state index contributed by atoms with van der Waals surface area (Å²) in [6.07, 6.45) is 0. The van der Waals surface area contributed by atoms with Crippen molar-refractivity contribution in [2.24, 2.45) is 0 Å². The van der Waals surface area contributed by atoms with Gasteiger partial charge in [-0.2, -0.15) is 0 Å². The fraction of sp³-hybridized carbons (Fsp3) is 0.0833. The molecule has 0 amide bonds. The molecule has 1 N–H and O–H groups in total. The lowest BCUT2D eigenvalue weighted by Crippen LogP contribution is -1.95. The summed E-state index contributed by atoms with van der Waals surface area (Å²) < 4.78 is 6.01. The van der Waals surface area contributed by atoms with Crippen LogP contribution in [-0.4, -0.2) is 18.2 Å². The summed E-state index contributed by atoms with van der Waals surface area (Å²) in [5.74, 6) is -0.190. The Hall–Kier alpha value is -1.55. The summed E-state index contributed by atoms with van der Waals surface area (Å²) >= 11 is 3.43. The maximum absolute atomic E-state index is 10.8. The zero-order chi connectivity index (χ0) is 11.7. The Morgan fingerprint density at radius 3 is 2.69 bits per heavy atom. The first-order chi connectivity index (χ1) is 7.63. The Balaban J connectivity index is 2.69. The van der Waals surface area contributed by atoms with E-state index in [2.05, 4.69) is 15.9 Å². The molecule has 0 fully saturated rings. The van der Waals surface area contributed by atoms with Crippen LogP contribution in [0, 0.1) is 0 Å². The summed E-state index contributed by atoms with van der Waals surface area (Å²) in [6.45, 7) is 0. The molecular weight excluding hydrogens is 272 g/mol. The van der Waals surface area contributed by atoms with E-state index < -0.39 is 5.97 Å². The highest BCUT2D eigenvalue weighted by molar-refractivity contribution is 9.10. The number of carbonyl (C=O) groups is 1. The van der Waals surface area contributed by atoms with Gasteiger partial charge in [0.1, 0.15) is 5.75 Å². The second kappa shape index (κ2) is 4.14. The molecule has 0 aliphatic heterocycles. The smallest absolute Gasteiger partial charge is 0.335 e. The number of carboxylic acids is 1. The number of halogens is 1. The second-order valence-corrected chi connectivity index (χ2v) is 4.12. The van der Waals surface area contributed by atoms with Gasteiger partial charge in [-0.15, -0.1) is 0 Å². The minimum Gasteiger partial charge on any atom is -0.496 e. The van der Waals surface area contributed by atoms with Crippen LogP contribution in [-0.2, 0) is 0 Å². The van der Waals surface area contributed by atoms with E-state index in [1.807, 2.05) is 6.07 Å². The molecule has 4 heteroatoms. The Morgan fingerprint density at radius 1 is 1.31 bits per heavy atom. The summed E-state index contributed by atoms with van der Waals surface area (Å²) in [7, 11) is 1.59. The third-order valence-electron chi connectivity index (χ3n) is 2.39. The van der Waals surface area contributed by atoms with Crippen LogP contribution in [0.4, 0.5) is 0 Å². The first kappa shape index (κ1) is 11.0. The first-order valence-electron chi connectivity index (χ1n) is 4.63. The molecule has 0 aliphatic rings. The van der Waals surface area contributed by atoms with Gasteiger partial charge >= 0.3 is 5.97 Å². The van der Waals surface area contributed by atoms with Crippen LogP contribution in [0.5, 0.6) is 5.75 Å². The van der Waals surface area contributed by atoms with E-state index in [9.17, 15) is 4.79 Å². The Bertz CT molecular complexity index is 563. The number of methoxy groups -OCH3 is 1. The third-order valence-corrected chi connectivity index (χ3v) is 3.20. The van der Waals surface area contributed by atoms with Crippen LogP contribution < -0.4 is 4.74 Å². The fourth-order valence-corrected chi connectivity index (χ4v) is 2.22. The third kappa shape index (κ3) is 1.76. The van der Waals surface area contributed by atoms with Crippen LogP contribution in [0.2, 0.25) is 0 Å². The molecule has 0 spiro atoms. The van der Waals surface area contributed by atoms with Crippen LogP contribution in [0.15, 0.2) is 34.8 Å². The van der Waals surface area contributed by atoms with Gasteiger partial charge in [-0.1, -0.05) is 12.1 Å². The molecule has 2 aromatic carbocycles. The second-order valence-electron chi connectivity index (χ2n) is 3.32. The van der Waals surface area contributed by atoms with E-state index in [1.54, 1.807) is 31.4 Å². The summed E-state index contributed by atoms with van der Waals surface area (Å²) in [4.78, 5) is 10.8. The zero-order valence-electron chi connectivity index (χ0n) is 8.53. The normalized spacial score (nSPS) is 10.4. The maximum Gasteiger partial charge on any atom is 0.335 e. The van der Waals surface area contributed by atoms with Gasteiger partial charge < -0.3 is 9.84 Å². The van der Waals surface area contributed by atoms with Crippen molar-refractivity contribution in [3.05, 3.63) is 40.4 Å². The van der Waals surface area contributed by atoms with Crippen LogP contribution in [0.3, 0.4) is 0 Å². The van der Waals surface area contributed by atoms with Crippen LogP contribution >= 0.6 is 15.9 Å². The molecule has 0 saturated heterocycles. The quantitative estimate of drug-likeness (QED) is 0.918. The SMILES string of the molecule is COc1ccc2cc(C(=O)O)ccc2c1Br. The minimum absolute atomic E-state index is 0.282. The highest BCUT2D eigenvalue weighted by atomic mass is 79.9. The van der Waals surface area contributed by atoms with Gasteiger partial charge in [0.05, 0.1) is 17.1 Å². The molecule has 0 heterocycles. The van der Waals surface area contributed by atoms with Crippen molar-refractivity contribution in [3.8, 4) is 5.75 Å². The number of rotatable bonds is 2. The molecule has 0 saturated carbocycles. The lowest BCUT2D eigenvalue weighted by atomic mass is 10.1. The Morgan fingerprint density at radius 2 is 2.06 bits per heavy atom. The van der Waals surface area contributed by atoms with Gasteiger partial charge in [0.2, 0.25) is 0 Å². The predicted octanol–water partition coefficient (Wildman–Crippen LogP) is 3.31. The number of benzene rings is 2. The first-order valence-corrected chi connectivity index (χ1v) is 5.42. The van der Waals surface area contributed by atoms with Crippen LogP contribution in [0.25, 0.3) is 10.8 Å². The topological polar surface area (TPSA) is 46.5 Å². The molecule has 0 aliphatic carbocycles. The molecule has 82 valence electrons. The van der Waals surface area contributed by atoms with E-state index in [0.29, 0.717) is 0 Å². The summed E-state index contributed by atoms with van der Waals surface area (Å²) in [5, 5.41) is 10.7. The van der Waals surface area contributed by atoms with Gasteiger partial charge in [0.25, 0.3) is 0 Å². The number of carboxylic acid groups (broad SMARTS) is 1. The lowest BCUT2D eigenvalue weighted by Gasteiger charge is -2.07. The highest BCUT2D eigenvalue weighted by Gasteiger charge is 2.08. The van der Waals surface area contributed by atoms with E-state index >= 15 is 0 Å². The molecule has 0 atom stereocenters. The van der Waals surface area contributed by atoms with Gasteiger partial charge in [0, 0.05) is 0 Å². The van der Waals surface area contributed by atoms with E-state index in [4.69, 9.17) is 9.84 Å². The van der Waals surface area contributed by atoms with Crippen molar-refractivity contribution in [2.75, 3.05) is 7.11 Å². The van der Waals surface area contributed by atoms with Crippen molar-refractivity contribution in [2.45, 2.75) is 0 Å². The summed E-state index contributed by atoms with van der Waals surface area (Å²) in [6, 6.07) is 8.63. The highest BCUT2D eigenvalue weighted by Crippen LogP contribution is 2.33. The van der Waals surface area contributed by atoms with Gasteiger partial charge in [-0.25, -0.2) is 4.79 Å². The van der Waals surface area contributed by atoms with Crippen molar-refractivity contribution in [3.63, 3.8) is 0 Å².